The first kappa shape index (κ1) is 11.3. The van der Waals surface area contributed by atoms with Gasteiger partial charge in [0.1, 0.15) is 0 Å². The Bertz CT molecular complexity index is 381. The van der Waals surface area contributed by atoms with Crippen LogP contribution in [0.1, 0.15) is 5.56 Å². The summed E-state index contributed by atoms with van der Waals surface area (Å²) in [5.74, 6) is 1.39. The molecule has 1 amide bonds. The lowest BCUT2D eigenvalue weighted by Crippen LogP contribution is -2.42. The van der Waals surface area contributed by atoms with Gasteiger partial charge in [0.15, 0.2) is 0 Å². The van der Waals surface area contributed by atoms with Crippen LogP contribution in [0.25, 0.3) is 0 Å². The second kappa shape index (κ2) is 5.25. The average molecular weight is 237 g/mol. The summed E-state index contributed by atoms with van der Waals surface area (Å²) in [5, 5.41) is 0. The van der Waals surface area contributed by atoms with E-state index in [1.54, 1.807) is 0 Å². The molecule has 1 aliphatic rings. The Morgan fingerprint density at radius 3 is 2.44 bits per heavy atom. The van der Waals surface area contributed by atoms with Crippen LogP contribution in [-0.4, -0.2) is 39.6 Å². The third kappa shape index (κ3) is 2.92. The minimum absolute atomic E-state index is 0.142. The molecule has 1 fully saturated rings. The molecule has 1 heterocycles. The van der Waals surface area contributed by atoms with Crippen LogP contribution >= 0.6 is 0 Å². The summed E-state index contributed by atoms with van der Waals surface area (Å²) in [4.78, 5) is 13.7. The van der Waals surface area contributed by atoms with Gasteiger partial charge >= 0.3 is 0 Å². The number of rotatable bonds is 2. The fourth-order valence-electron chi connectivity index (χ4n) is 1.77. The molecule has 0 spiro atoms. The van der Waals surface area contributed by atoms with Crippen molar-refractivity contribution in [2.24, 2.45) is 0 Å². The fraction of sp³-hybridized carbons (Fsp3) is 0.417. The van der Waals surface area contributed by atoms with E-state index in [-0.39, 0.29) is 5.91 Å². The third-order valence-electron chi connectivity index (χ3n) is 2.73. The highest BCUT2D eigenvalue weighted by atomic mass is 32.2. The summed E-state index contributed by atoms with van der Waals surface area (Å²) in [7, 11) is -0.718. The lowest BCUT2D eigenvalue weighted by atomic mass is 10.1. The molecule has 0 atom stereocenters. The largest absolute Gasteiger partial charge is 0.341 e. The zero-order valence-corrected chi connectivity index (χ0v) is 9.91. The normalized spacial score (nSPS) is 17.4. The molecule has 4 heteroatoms. The number of benzene rings is 1. The number of carbonyl (C=O) groups excluding carboxylic acids is 1. The first-order chi connectivity index (χ1) is 7.75. The van der Waals surface area contributed by atoms with Gasteiger partial charge in [0.2, 0.25) is 5.91 Å². The summed E-state index contributed by atoms with van der Waals surface area (Å²) in [6.45, 7) is 1.27. The van der Waals surface area contributed by atoms with Gasteiger partial charge < -0.3 is 4.90 Å². The maximum atomic E-state index is 11.9. The molecule has 0 unspecified atom stereocenters. The average Bonchev–Trinajstić information content (AvgIpc) is 2.31. The summed E-state index contributed by atoms with van der Waals surface area (Å²) in [5.41, 5.74) is 1.04. The molecular formula is C12H15NO2S. The van der Waals surface area contributed by atoms with Crippen molar-refractivity contribution in [3.8, 4) is 0 Å². The summed E-state index contributed by atoms with van der Waals surface area (Å²) >= 11 is 0. The Hall–Kier alpha value is -1.16. The van der Waals surface area contributed by atoms with Crippen LogP contribution in [-0.2, 0) is 22.0 Å². The molecular weight excluding hydrogens is 222 g/mol. The second-order valence-electron chi connectivity index (χ2n) is 3.89. The van der Waals surface area contributed by atoms with Gasteiger partial charge in [0.05, 0.1) is 6.42 Å². The Balaban J connectivity index is 1.91. The van der Waals surface area contributed by atoms with E-state index in [2.05, 4.69) is 0 Å². The predicted octanol–water partition coefficient (Wildman–Crippen LogP) is 0.820. The number of amides is 1. The molecule has 16 heavy (non-hydrogen) atoms. The topological polar surface area (TPSA) is 37.4 Å². The molecule has 1 aromatic rings. The third-order valence-corrected chi connectivity index (χ3v) is 4.00. The maximum Gasteiger partial charge on any atom is 0.227 e. The standard InChI is InChI=1S/C12H15NO2S/c14-12(10-11-4-2-1-3-5-11)13-6-8-16(15)9-7-13/h1-5H,6-10H2. The van der Waals surface area contributed by atoms with Crippen LogP contribution in [0.2, 0.25) is 0 Å². The number of hydrogen-bond donors (Lipinski definition) is 0. The minimum atomic E-state index is -0.718. The number of carbonyl (C=O) groups is 1. The van der Waals surface area contributed by atoms with Crippen molar-refractivity contribution in [2.45, 2.75) is 6.42 Å². The minimum Gasteiger partial charge on any atom is -0.341 e. The van der Waals surface area contributed by atoms with Gasteiger partial charge in [-0.05, 0) is 5.56 Å². The van der Waals surface area contributed by atoms with Gasteiger partial charge in [-0.2, -0.15) is 0 Å². The van der Waals surface area contributed by atoms with Crippen molar-refractivity contribution >= 4 is 16.7 Å². The van der Waals surface area contributed by atoms with Crippen molar-refractivity contribution in [1.82, 2.24) is 4.90 Å². The molecule has 1 aromatic carbocycles. The van der Waals surface area contributed by atoms with Crippen molar-refractivity contribution in [3.05, 3.63) is 35.9 Å². The SMILES string of the molecule is O=C(Cc1ccccc1)N1CCS(=O)CC1. The lowest BCUT2D eigenvalue weighted by Gasteiger charge is -2.26. The lowest BCUT2D eigenvalue weighted by molar-refractivity contribution is -0.130. The van der Waals surface area contributed by atoms with Crippen LogP contribution in [0.15, 0.2) is 30.3 Å². The Kier molecular flexibility index (Phi) is 3.72. The first-order valence-corrected chi connectivity index (χ1v) is 6.91. The summed E-state index contributed by atoms with van der Waals surface area (Å²) in [6, 6.07) is 9.74. The molecule has 2 rings (SSSR count). The quantitative estimate of drug-likeness (QED) is 0.763. The Labute approximate surface area is 97.9 Å². The van der Waals surface area contributed by atoms with Gasteiger partial charge in [-0.3, -0.25) is 9.00 Å². The van der Waals surface area contributed by atoms with E-state index in [4.69, 9.17) is 0 Å². The molecule has 0 bridgehead atoms. The number of hydrogen-bond acceptors (Lipinski definition) is 2. The zero-order chi connectivity index (χ0) is 11.4. The van der Waals surface area contributed by atoms with E-state index in [0.29, 0.717) is 31.0 Å². The smallest absolute Gasteiger partial charge is 0.227 e. The number of nitrogens with zero attached hydrogens (tertiary/aromatic N) is 1. The Morgan fingerprint density at radius 1 is 1.19 bits per heavy atom. The molecule has 0 aliphatic carbocycles. The highest BCUT2D eigenvalue weighted by Gasteiger charge is 2.19. The predicted molar refractivity (Wildman–Crippen MR) is 64.6 cm³/mol. The molecule has 1 aliphatic heterocycles. The Morgan fingerprint density at radius 2 is 1.81 bits per heavy atom. The van der Waals surface area contributed by atoms with Crippen LogP contribution in [0.4, 0.5) is 0 Å². The van der Waals surface area contributed by atoms with Crippen molar-refractivity contribution in [2.75, 3.05) is 24.6 Å². The van der Waals surface area contributed by atoms with Gasteiger partial charge in [-0.15, -0.1) is 0 Å². The highest BCUT2D eigenvalue weighted by molar-refractivity contribution is 7.85. The molecule has 86 valence electrons. The van der Waals surface area contributed by atoms with Gasteiger partial charge in [0, 0.05) is 35.4 Å². The van der Waals surface area contributed by atoms with Crippen molar-refractivity contribution in [3.63, 3.8) is 0 Å². The fourth-order valence-corrected chi connectivity index (χ4v) is 2.82. The first-order valence-electron chi connectivity index (χ1n) is 5.42. The highest BCUT2D eigenvalue weighted by Crippen LogP contribution is 2.06. The summed E-state index contributed by atoms with van der Waals surface area (Å²) in [6.07, 6.45) is 0.452. The molecule has 0 saturated carbocycles. The van der Waals surface area contributed by atoms with Gasteiger partial charge in [-0.1, -0.05) is 30.3 Å². The van der Waals surface area contributed by atoms with E-state index in [1.807, 2.05) is 35.2 Å². The monoisotopic (exact) mass is 237 g/mol. The van der Waals surface area contributed by atoms with Crippen LogP contribution in [0.3, 0.4) is 0 Å². The molecule has 1 saturated heterocycles. The van der Waals surface area contributed by atoms with Crippen LogP contribution in [0, 0.1) is 0 Å². The van der Waals surface area contributed by atoms with Crippen LogP contribution < -0.4 is 0 Å². The maximum absolute atomic E-state index is 11.9. The van der Waals surface area contributed by atoms with Crippen molar-refractivity contribution < 1.29 is 9.00 Å². The van der Waals surface area contributed by atoms with Gasteiger partial charge in [-0.25, -0.2) is 0 Å². The molecule has 0 aromatic heterocycles. The zero-order valence-electron chi connectivity index (χ0n) is 9.09. The summed E-state index contributed by atoms with van der Waals surface area (Å²) < 4.78 is 11.2. The molecule has 0 radical (unpaired) electrons. The van der Waals surface area contributed by atoms with Crippen molar-refractivity contribution in [1.29, 1.82) is 0 Å². The molecule has 3 nitrogen and oxygen atoms in total. The molecule has 0 N–H and O–H groups in total. The van der Waals surface area contributed by atoms with E-state index in [1.165, 1.54) is 0 Å². The van der Waals surface area contributed by atoms with E-state index < -0.39 is 10.8 Å². The van der Waals surface area contributed by atoms with E-state index >= 15 is 0 Å². The van der Waals surface area contributed by atoms with E-state index in [0.717, 1.165) is 5.56 Å². The van der Waals surface area contributed by atoms with E-state index in [9.17, 15) is 9.00 Å². The second-order valence-corrected chi connectivity index (χ2v) is 5.59. The van der Waals surface area contributed by atoms with Crippen LogP contribution in [0.5, 0.6) is 0 Å². The van der Waals surface area contributed by atoms with Gasteiger partial charge in [0.25, 0.3) is 0 Å².